The number of halogens is 4. The van der Waals surface area contributed by atoms with Crippen LogP contribution in [0.4, 0.5) is 13.2 Å². The standard InChI is InChI=1S/C19H20ClF3N4OS/c20-14-4-13(19(21,22)23)8-27-16(14)25-26-17(27)29-9-15(28)24-18-5-10-1-11(6-18)3-12(2-10)7-18/h4,8,10-12H,1-3,5-7,9H2,(H,24,28). The Balaban J connectivity index is 1.29. The third kappa shape index (κ3) is 3.60. The lowest BCUT2D eigenvalue weighted by molar-refractivity contribution is -0.138. The van der Waals surface area contributed by atoms with Gasteiger partial charge in [0.25, 0.3) is 0 Å². The van der Waals surface area contributed by atoms with Gasteiger partial charge in [0.15, 0.2) is 10.8 Å². The highest BCUT2D eigenvalue weighted by atomic mass is 35.5. The highest BCUT2D eigenvalue weighted by Crippen LogP contribution is 2.55. The average Bonchev–Trinajstić information content (AvgIpc) is 3.01. The molecule has 0 aromatic carbocycles. The van der Waals surface area contributed by atoms with E-state index in [-0.39, 0.29) is 33.0 Å². The Bertz CT molecular complexity index is 941. The van der Waals surface area contributed by atoms with E-state index in [1.54, 1.807) is 0 Å². The van der Waals surface area contributed by atoms with Gasteiger partial charge < -0.3 is 5.32 Å². The predicted octanol–water partition coefficient (Wildman–Crippen LogP) is 4.58. The molecule has 6 rings (SSSR count). The summed E-state index contributed by atoms with van der Waals surface area (Å²) in [7, 11) is 0. The summed E-state index contributed by atoms with van der Waals surface area (Å²) in [4.78, 5) is 12.7. The zero-order chi connectivity index (χ0) is 20.4. The minimum absolute atomic E-state index is 0.0798. The minimum atomic E-state index is -4.53. The number of alkyl halides is 3. The lowest BCUT2D eigenvalue weighted by Crippen LogP contribution is -2.60. The second kappa shape index (κ2) is 6.77. The number of thioether (sulfide) groups is 1. The van der Waals surface area contributed by atoms with E-state index in [1.165, 1.54) is 23.7 Å². The van der Waals surface area contributed by atoms with Crippen LogP contribution in [-0.4, -0.2) is 31.8 Å². The van der Waals surface area contributed by atoms with Gasteiger partial charge in [-0.3, -0.25) is 9.20 Å². The van der Waals surface area contributed by atoms with Crippen LogP contribution >= 0.6 is 23.4 Å². The number of hydrogen-bond donors (Lipinski definition) is 1. The molecule has 1 N–H and O–H groups in total. The molecule has 0 spiro atoms. The molecule has 5 nitrogen and oxygen atoms in total. The lowest BCUT2D eigenvalue weighted by atomic mass is 9.53. The second-order valence-electron chi connectivity index (χ2n) is 8.79. The van der Waals surface area contributed by atoms with E-state index in [9.17, 15) is 18.0 Å². The summed E-state index contributed by atoms with van der Waals surface area (Å²) in [6.45, 7) is 0. The van der Waals surface area contributed by atoms with Crippen LogP contribution in [0.15, 0.2) is 17.4 Å². The first-order valence-corrected chi connectivity index (χ1v) is 11.1. The summed E-state index contributed by atoms with van der Waals surface area (Å²) < 4.78 is 40.4. The fourth-order valence-electron chi connectivity index (χ4n) is 5.91. The van der Waals surface area contributed by atoms with Gasteiger partial charge in [-0.1, -0.05) is 23.4 Å². The van der Waals surface area contributed by atoms with Crippen LogP contribution in [0.1, 0.15) is 44.1 Å². The van der Waals surface area contributed by atoms with Crippen LogP contribution in [0.25, 0.3) is 5.65 Å². The Labute approximate surface area is 174 Å². The quantitative estimate of drug-likeness (QED) is 0.701. The van der Waals surface area contributed by atoms with Crippen molar-refractivity contribution in [2.75, 3.05) is 5.75 Å². The molecule has 0 atom stereocenters. The van der Waals surface area contributed by atoms with Gasteiger partial charge in [-0.05, 0) is 62.3 Å². The fourth-order valence-corrected chi connectivity index (χ4v) is 6.87. The zero-order valence-corrected chi connectivity index (χ0v) is 17.1. The van der Waals surface area contributed by atoms with Crippen molar-refractivity contribution in [3.05, 3.63) is 22.8 Å². The molecule has 2 aromatic rings. The third-order valence-electron chi connectivity index (χ3n) is 6.53. The predicted molar refractivity (Wildman–Crippen MR) is 103 cm³/mol. The first kappa shape index (κ1) is 19.5. The molecule has 0 radical (unpaired) electrons. The lowest BCUT2D eigenvalue weighted by Gasteiger charge is -2.56. The average molecular weight is 445 g/mol. The summed E-state index contributed by atoms with van der Waals surface area (Å²) >= 11 is 7.01. The first-order chi connectivity index (χ1) is 13.7. The fraction of sp³-hybridized carbons (Fsp3) is 0.632. The molecule has 4 aliphatic rings. The van der Waals surface area contributed by atoms with Crippen molar-refractivity contribution in [1.29, 1.82) is 0 Å². The number of fused-ring (bicyclic) bond motifs is 1. The van der Waals surface area contributed by atoms with Crippen molar-refractivity contribution < 1.29 is 18.0 Å². The first-order valence-electron chi connectivity index (χ1n) is 9.76. The minimum Gasteiger partial charge on any atom is -0.350 e. The smallest absolute Gasteiger partial charge is 0.350 e. The number of amides is 1. The number of carbonyl (C=O) groups excluding carboxylic acids is 1. The van der Waals surface area contributed by atoms with Crippen molar-refractivity contribution in [3.8, 4) is 0 Å². The van der Waals surface area contributed by atoms with Crippen molar-refractivity contribution in [3.63, 3.8) is 0 Å². The molecule has 0 saturated heterocycles. The Morgan fingerprint density at radius 1 is 1.21 bits per heavy atom. The second-order valence-corrected chi connectivity index (χ2v) is 10.1. The maximum absolute atomic E-state index is 13.1. The largest absolute Gasteiger partial charge is 0.417 e. The van der Waals surface area contributed by atoms with Crippen molar-refractivity contribution in [2.24, 2.45) is 17.8 Å². The zero-order valence-electron chi connectivity index (χ0n) is 15.5. The summed E-state index contributed by atoms with van der Waals surface area (Å²) in [5, 5.41) is 11.1. The Morgan fingerprint density at radius 2 is 1.83 bits per heavy atom. The van der Waals surface area contributed by atoms with Crippen LogP contribution in [0, 0.1) is 17.8 Å². The van der Waals surface area contributed by atoms with E-state index >= 15 is 0 Å². The summed E-state index contributed by atoms with van der Waals surface area (Å²) in [6, 6.07) is 0.833. The monoisotopic (exact) mass is 444 g/mol. The third-order valence-corrected chi connectivity index (χ3v) is 7.75. The molecule has 2 heterocycles. The van der Waals surface area contributed by atoms with Crippen LogP contribution in [0.5, 0.6) is 0 Å². The van der Waals surface area contributed by atoms with Crippen LogP contribution in [0.2, 0.25) is 5.02 Å². The van der Waals surface area contributed by atoms with Gasteiger partial charge in [-0.25, -0.2) is 0 Å². The summed E-state index contributed by atoms with van der Waals surface area (Å²) in [5.74, 6) is 2.13. The van der Waals surface area contributed by atoms with Gasteiger partial charge in [0.2, 0.25) is 5.91 Å². The van der Waals surface area contributed by atoms with Crippen LogP contribution in [0.3, 0.4) is 0 Å². The number of aromatic nitrogens is 3. The molecule has 2 aromatic heterocycles. The van der Waals surface area contributed by atoms with E-state index < -0.39 is 11.7 Å². The maximum atomic E-state index is 13.1. The molecule has 0 unspecified atom stereocenters. The molecule has 0 aliphatic heterocycles. The summed E-state index contributed by atoms with van der Waals surface area (Å²) in [5.41, 5.74) is -0.829. The van der Waals surface area contributed by atoms with E-state index in [0.29, 0.717) is 0 Å². The Hall–Kier alpha value is -1.48. The number of nitrogens with one attached hydrogen (secondary N) is 1. The van der Waals surface area contributed by atoms with Gasteiger partial charge in [0.05, 0.1) is 16.3 Å². The number of rotatable bonds is 4. The molecule has 4 bridgehead atoms. The van der Waals surface area contributed by atoms with Gasteiger partial charge in [0.1, 0.15) is 0 Å². The molecule has 1 amide bonds. The molecule has 4 aliphatic carbocycles. The topological polar surface area (TPSA) is 59.3 Å². The molecular weight excluding hydrogens is 425 g/mol. The highest BCUT2D eigenvalue weighted by molar-refractivity contribution is 7.99. The molecule has 156 valence electrons. The normalized spacial score (nSPS) is 30.8. The van der Waals surface area contributed by atoms with E-state index in [1.807, 2.05) is 0 Å². The maximum Gasteiger partial charge on any atom is 0.417 e. The Morgan fingerprint density at radius 3 is 2.41 bits per heavy atom. The van der Waals surface area contributed by atoms with Crippen molar-refractivity contribution >= 4 is 34.9 Å². The molecule has 4 saturated carbocycles. The van der Waals surface area contributed by atoms with Crippen LogP contribution in [-0.2, 0) is 11.0 Å². The highest BCUT2D eigenvalue weighted by Gasteiger charge is 2.51. The van der Waals surface area contributed by atoms with Crippen molar-refractivity contribution in [1.82, 2.24) is 19.9 Å². The number of hydrogen-bond acceptors (Lipinski definition) is 4. The van der Waals surface area contributed by atoms with Gasteiger partial charge in [0, 0.05) is 11.7 Å². The van der Waals surface area contributed by atoms with E-state index in [2.05, 4.69) is 15.5 Å². The molecule has 10 heteroatoms. The summed E-state index contributed by atoms with van der Waals surface area (Å²) in [6.07, 6.45) is 3.41. The van der Waals surface area contributed by atoms with Gasteiger partial charge in [-0.2, -0.15) is 13.2 Å². The van der Waals surface area contributed by atoms with E-state index in [4.69, 9.17) is 11.6 Å². The number of pyridine rings is 1. The number of carbonyl (C=O) groups is 1. The van der Waals surface area contributed by atoms with Crippen molar-refractivity contribution in [2.45, 2.75) is 55.4 Å². The molecule has 29 heavy (non-hydrogen) atoms. The Kier molecular flexibility index (Phi) is 4.55. The SMILES string of the molecule is O=C(CSc1nnc2c(Cl)cc(C(F)(F)F)cn12)NC12CC3CC(CC(C3)C1)C2. The van der Waals surface area contributed by atoms with Gasteiger partial charge in [-0.15, -0.1) is 10.2 Å². The van der Waals surface area contributed by atoms with Gasteiger partial charge >= 0.3 is 6.18 Å². The molecular formula is C19H20ClF3N4OS. The number of nitrogens with zero attached hydrogens (tertiary/aromatic N) is 3. The molecule has 4 fully saturated rings. The van der Waals surface area contributed by atoms with E-state index in [0.717, 1.165) is 61.0 Å². The van der Waals surface area contributed by atoms with Crippen LogP contribution < -0.4 is 5.32 Å².